The van der Waals surface area contributed by atoms with Crippen LogP contribution >= 0.6 is 0 Å². The first-order valence-corrected chi connectivity index (χ1v) is 8.86. The molecule has 0 aliphatic carbocycles. The average Bonchev–Trinajstić information content (AvgIpc) is 3.08. The Labute approximate surface area is 148 Å². The highest BCUT2D eigenvalue weighted by Crippen LogP contribution is 2.17. The van der Waals surface area contributed by atoms with E-state index in [0.29, 0.717) is 37.7 Å². The average molecular weight is 343 g/mol. The van der Waals surface area contributed by atoms with Crippen LogP contribution in [0.3, 0.4) is 0 Å². The highest BCUT2D eigenvalue weighted by atomic mass is 16.5. The van der Waals surface area contributed by atoms with Gasteiger partial charge in [-0.15, -0.1) is 0 Å². The number of hydrogen-bond acceptors (Lipinski definition) is 6. The molecule has 1 aromatic heterocycles. The third-order valence-corrected chi connectivity index (χ3v) is 4.79. The van der Waals surface area contributed by atoms with E-state index in [9.17, 15) is 4.79 Å². The first-order valence-electron chi connectivity index (χ1n) is 8.86. The van der Waals surface area contributed by atoms with Gasteiger partial charge in [0, 0.05) is 32.4 Å². The summed E-state index contributed by atoms with van der Waals surface area (Å²) >= 11 is 0. The standard InChI is InChI=1S/C18H25N5O2/c1-14-11-23(6-7-25-14)18(24)13-22-5-4-16(12-22)10-21-17-3-2-15(8-19)9-20-17/h2-3,9,14,16H,4-7,10-13H2,1H3,(H,20,21)/t14-,16-/m1/s1. The minimum absolute atomic E-state index is 0.133. The van der Waals surface area contributed by atoms with E-state index >= 15 is 0 Å². The van der Waals surface area contributed by atoms with E-state index in [1.165, 1.54) is 0 Å². The van der Waals surface area contributed by atoms with Gasteiger partial charge in [0.1, 0.15) is 11.9 Å². The van der Waals surface area contributed by atoms with Gasteiger partial charge in [-0.05, 0) is 37.9 Å². The molecule has 2 aliphatic rings. The Hall–Kier alpha value is -2.17. The molecule has 0 bridgehead atoms. The normalized spacial score (nSPS) is 24.1. The quantitative estimate of drug-likeness (QED) is 0.857. The summed E-state index contributed by atoms with van der Waals surface area (Å²) in [7, 11) is 0. The summed E-state index contributed by atoms with van der Waals surface area (Å²) in [6.07, 6.45) is 2.79. The summed E-state index contributed by atoms with van der Waals surface area (Å²) in [4.78, 5) is 20.8. The van der Waals surface area contributed by atoms with Crippen molar-refractivity contribution in [3.05, 3.63) is 23.9 Å². The molecule has 3 heterocycles. The Kier molecular flexibility index (Phi) is 5.84. The van der Waals surface area contributed by atoms with Crippen LogP contribution in [0.15, 0.2) is 18.3 Å². The molecule has 0 spiro atoms. The second-order valence-electron chi connectivity index (χ2n) is 6.84. The number of ether oxygens (including phenoxy) is 1. The fourth-order valence-electron chi connectivity index (χ4n) is 3.37. The Morgan fingerprint density at radius 1 is 1.44 bits per heavy atom. The zero-order valence-corrected chi connectivity index (χ0v) is 14.6. The Morgan fingerprint density at radius 3 is 3.04 bits per heavy atom. The number of carbonyl (C=O) groups excluding carboxylic acids is 1. The zero-order chi connectivity index (χ0) is 17.6. The van der Waals surface area contributed by atoms with Crippen LogP contribution in [0, 0.1) is 17.2 Å². The van der Waals surface area contributed by atoms with Crippen LogP contribution in [0.2, 0.25) is 0 Å². The molecule has 3 rings (SSSR count). The summed E-state index contributed by atoms with van der Waals surface area (Å²) < 4.78 is 5.49. The predicted molar refractivity (Wildman–Crippen MR) is 94.0 cm³/mol. The summed E-state index contributed by atoms with van der Waals surface area (Å²) in [5.41, 5.74) is 0.563. The number of aromatic nitrogens is 1. The fourth-order valence-corrected chi connectivity index (χ4v) is 3.37. The van der Waals surface area contributed by atoms with Gasteiger partial charge in [0.15, 0.2) is 0 Å². The number of amides is 1. The van der Waals surface area contributed by atoms with Gasteiger partial charge >= 0.3 is 0 Å². The Morgan fingerprint density at radius 2 is 2.32 bits per heavy atom. The number of rotatable bonds is 5. The van der Waals surface area contributed by atoms with E-state index in [0.717, 1.165) is 31.9 Å². The topological polar surface area (TPSA) is 81.5 Å². The molecule has 0 radical (unpaired) electrons. The van der Waals surface area contributed by atoms with Gasteiger partial charge < -0.3 is 15.0 Å². The van der Waals surface area contributed by atoms with Crippen LogP contribution in [0.25, 0.3) is 0 Å². The van der Waals surface area contributed by atoms with Crippen molar-refractivity contribution in [1.29, 1.82) is 5.26 Å². The highest BCUT2D eigenvalue weighted by Gasteiger charge is 2.27. The SMILES string of the molecule is C[C@@H]1CN(C(=O)CN2CC[C@H](CNc3ccc(C#N)cn3)C2)CCO1. The Bertz CT molecular complexity index is 627. The van der Waals surface area contributed by atoms with Crippen molar-refractivity contribution >= 4 is 11.7 Å². The van der Waals surface area contributed by atoms with Crippen LogP contribution < -0.4 is 5.32 Å². The van der Waals surface area contributed by atoms with E-state index in [1.807, 2.05) is 17.9 Å². The molecule has 1 N–H and O–H groups in total. The Balaban J connectivity index is 1.40. The third kappa shape index (κ3) is 4.91. The summed E-state index contributed by atoms with van der Waals surface area (Å²) in [6.45, 7) is 7.25. The number of nitrogens with one attached hydrogen (secondary N) is 1. The van der Waals surface area contributed by atoms with Crippen LogP contribution in [-0.4, -0.2) is 72.7 Å². The zero-order valence-electron chi connectivity index (χ0n) is 14.6. The van der Waals surface area contributed by atoms with E-state index in [4.69, 9.17) is 10.00 Å². The molecule has 1 amide bonds. The number of pyridine rings is 1. The number of carbonyl (C=O) groups is 1. The maximum absolute atomic E-state index is 12.4. The second-order valence-corrected chi connectivity index (χ2v) is 6.84. The molecule has 2 atom stereocenters. The molecule has 2 saturated heterocycles. The summed E-state index contributed by atoms with van der Waals surface area (Å²) in [5, 5.41) is 12.1. The van der Waals surface area contributed by atoms with Crippen LogP contribution in [0.1, 0.15) is 18.9 Å². The number of morpholine rings is 1. The maximum atomic E-state index is 12.4. The van der Waals surface area contributed by atoms with Gasteiger partial charge in [-0.2, -0.15) is 5.26 Å². The molecular formula is C18H25N5O2. The lowest BCUT2D eigenvalue weighted by Crippen LogP contribution is -2.48. The van der Waals surface area contributed by atoms with Crippen molar-refractivity contribution in [3.8, 4) is 6.07 Å². The first kappa shape index (κ1) is 17.6. The van der Waals surface area contributed by atoms with Crippen molar-refractivity contribution < 1.29 is 9.53 Å². The number of nitrogens with zero attached hydrogens (tertiary/aromatic N) is 4. The van der Waals surface area contributed by atoms with Gasteiger partial charge in [0.05, 0.1) is 24.8 Å². The van der Waals surface area contributed by atoms with E-state index < -0.39 is 0 Å². The number of hydrogen-bond donors (Lipinski definition) is 1. The van der Waals surface area contributed by atoms with Crippen molar-refractivity contribution in [1.82, 2.24) is 14.8 Å². The highest BCUT2D eigenvalue weighted by molar-refractivity contribution is 5.78. The second kappa shape index (κ2) is 8.28. The molecule has 25 heavy (non-hydrogen) atoms. The molecule has 0 saturated carbocycles. The molecule has 134 valence electrons. The lowest BCUT2D eigenvalue weighted by molar-refractivity contribution is -0.139. The van der Waals surface area contributed by atoms with Gasteiger partial charge in [-0.25, -0.2) is 4.98 Å². The molecule has 2 fully saturated rings. The third-order valence-electron chi connectivity index (χ3n) is 4.79. The molecular weight excluding hydrogens is 318 g/mol. The molecule has 7 nitrogen and oxygen atoms in total. The summed E-state index contributed by atoms with van der Waals surface area (Å²) in [6, 6.07) is 5.65. The van der Waals surface area contributed by atoms with Crippen molar-refractivity contribution in [3.63, 3.8) is 0 Å². The maximum Gasteiger partial charge on any atom is 0.236 e. The largest absolute Gasteiger partial charge is 0.375 e. The minimum Gasteiger partial charge on any atom is -0.375 e. The smallest absolute Gasteiger partial charge is 0.236 e. The molecule has 7 heteroatoms. The van der Waals surface area contributed by atoms with Gasteiger partial charge in [-0.1, -0.05) is 0 Å². The van der Waals surface area contributed by atoms with Crippen LogP contribution in [-0.2, 0) is 9.53 Å². The van der Waals surface area contributed by atoms with Gasteiger partial charge in [-0.3, -0.25) is 9.69 Å². The van der Waals surface area contributed by atoms with E-state index in [-0.39, 0.29) is 12.0 Å². The lowest BCUT2D eigenvalue weighted by atomic mass is 10.1. The lowest BCUT2D eigenvalue weighted by Gasteiger charge is -2.32. The van der Waals surface area contributed by atoms with Crippen molar-refractivity contribution in [2.75, 3.05) is 51.2 Å². The van der Waals surface area contributed by atoms with E-state index in [1.54, 1.807) is 12.3 Å². The minimum atomic E-state index is 0.133. The number of anilines is 1. The van der Waals surface area contributed by atoms with Crippen LogP contribution in [0.4, 0.5) is 5.82 Å². The molecule has 2 aliphatic heterocycles. The molecule has 1 aromatic rings. The van der Waals surface area contributed by atoms with Gasteiger partial charge in [0.2, 0.25) is 5.91 Å². The first-order chi connectivity index (χ1) is 12.1. The molecule has 0 unspecified atom stereocenters. The van der Waals surface area contributed by atoms with E-state index in [2.05, 4.69) is 21.3 Å². The van der Waals surface area contributed by atoms with Crippen molar-refractivity contribution in [2.24, 2.45) is 5.92 Å². The number of nitriles is 1. The van der Waals surface area contributed by atoms with Crippen LogP contribution in [0.5, 0.6) is 0 Å². The summed E-state index contributed by atoms with van der Waals surface area (Å²) in [5.74, 6) is 1.50. The van der Waals surface area contributed by atoms with Crippen molar-refractivity contribution in [2.45, 2.75) is 19.4 Å². The fraction of sp³-hybridized carbons (Fsp3) is 0.611. The molecule has 0 aromatic carbocycles. The van der Waals surface area contributed by atoms with Gasteiger partial charge in [0.25, 0.3) is 0 Å². The monoisotopic (exact) mass is 343 g/mol. The predicted octanol–water partition coefficient (Wildman–Crippen LogP) is 0.934. The number of likely N-dealkylation sites (tertiary alicyclic amines) is 1.